The molecule has 5 heterocycles. The van der Waals surface area contributed by atoms with E-state index in [0.29, 0.717) is 23.4 Å². The molecule has 1 unspecified atom stereocenters. The zero-order valence-corrected chi connectivity index (χ0v) is 34.7. The van der Waals surface area contributed by atoms with Crippen LogP contribution in [0.5, 0.6) is 0 Å². The first-order valence-corrected chi connectivity index (χ1v) is 20.2. The third-order valence-corrected chi connectivity index (χ3v) is 12.9. The molecule has 14 atom stereocenters. The Hall–Kier alpha value is -3.26. The first-order chi connectivity index (χ1) is 26.3. The number of hydrogen-bond donors (Lipinski definition) is 2. The van der Waals surface area contributed by atoms with Crippen molar-refractivity contribution in [2.45, 2.75) is 141 Å². The van der Waals surface area contributed by atoms with Gasteiger partial charge in [-0.25, -0.2) is 4.79 Å². The molecule has 4 saturated heterocycles. The number of ether oxygens (including phenoxy) is 6. The summed E-state index contributed by atoms with van der Waals surface area (Å²) in [7, 11) is 3.76. The average Bonchev–Trinajstić information content (AvgIpc) is 3.75. The number of nitrogens with zero attached hydrogens (tertiary/aromatic N) is 3. The number of likely N-dealkylation sites (N-methyl/N-ethyl adjacent to an activating group) is 1. The van der Waals surface area contributed by atoms with E-state index in [9.17, 15) is 29.6 Å². The molecule has 0 spiro atoms. The number of cyclic esters (lactones) is 1. The number of esters is 1. The highest BCUT2D eigenvalue weighted by molar-refractivity contribution is 7.15. The van der Waals surface area contributed by atoms with Crippen LogP contribution in [0.4, 0.5) is 9.80 Å². The van der Waals surface area contributed by atoms with Gasteiger partial charge in [0, 0.05) is 29.9 Å². The minimum Gasteiger partial charge on any atom is -0.458 e. The maximum absolute atomic E-state index is 14.4. The minimum absolute atomic E-state index is 0.0259. The molecule has 0 aliphatic carbocycles. The maximum Gasteiger partial charge on any atom is 0.408 e. The van der Waals surface area contributed by atoms with E-state index in [-0.39, 0.29) is 49.2 Å². The zero-order valence-electron chi connectivity index (χ0n) is 33.9. The maximum atomic E-state index is 14.4. The van der Waals surface area contributed by atoms with Crippen LogP contribution in [-0.2, 0) is 49.5 Å². The number of thiophene rings is 1. The number of nitro groups is 1. The Morgan fingerprint density at radius 2 is 1.82 bits per heavy atom. The Kier molecular flexibility index (Phi) is 13.9. The summed E-state index contributed by atoms with van der Waals surface area (Å²) >= 11 is 0.971. The molecule has 4 aliphatic heterocycles. The SMILES string of the molecule is CC[C@H]1OC(=O)[C@H](C)[C@H]2OC/C(=N\OCc3ccc([N+](=O)[O-])s3)CO[C@](C)(C[C@@H](C)C(=O)[C@H](C)[C@H]3NC(=O)O[C@@]31C)[C@H](OC1O[C@H](C)C[C@H](N(C)C)[C@H]1O)[C@H]2C. The molecule has 2 bridgehead atoms. The van der Waals surface area contributed by atoms with Crippen molar-refractivity contribution in [1.29, 1.82) is 0 Å². The molecule has 0 aromatic carbocycles. The van der Waals surface area contributed by atoms with Gasteiger partial charge in [0.2, 0.25) is 0 Å². The lowest BCUT2D eigenvalue weighted by atomic mass is 9.73. The van der Waals surface area contributed by atoms with Crippen LogP contribution >= 0.6 is 11.3 Å². The lowest BCUT2D eigenvalue weighted by Gasteiger charge is -2.48. The van der Waals surface area contributed by atoms with Crippen LogP contribution < -0.4 is 5.32 Å². The van der Waals surface area contributed by atoms with E-state index < -0.39 is 88.6 Å². The predicted octanol–water partition coefficient (Wildman–Crippen LogP) is 4.22. The largest absolute Gasteiger partial charge is 0.458 e. The summed E-state index contributed by atoms with van der Waals surface area (Å²) in [5, 5.41) is 29.9. The Bertz CT molecular complexity index is 1620. The van der Waals surface area contributed by atoms with E-state index >= 15 is 0 Å². The fourth-order valence-corrected chi connectivity index (χ4v) is 9.55. The molecular weight excluding hydrogens is 752 g/mol. The topological polar surface area (TPSA) is 207 Å². The van der Waals surface area contributed by atoms with Gasteiger partial charge in [-0.2, -0.15) is 0 Å². The van der Waals surface area contributed by atoms with Gasteiger partial charge in [0.25, 0.3) is 0 Å². The summed E-state index contributed by atoms with van der Waals surface area (Å²) in [6.45, 7) is 14.0. The lowest BCUT2D eigenvalue weighted by Crippen LogP contribution is -2.60. The second-order valence-corrected chi connectivity index (χ2v) is 17.6. The standard InChI is InChI=1S/C38H58N4O13S/c1-11-27-38(8)32(39-36(46)55-38)21(4)29(43)19(2)15-37(7)33(54-35-30(44)26(41(9)10)14-20(3)52-35)22(5)31(23(6)34(45)53-27)49-16-24(17-50-37)40-51-18-25-12-13-28(56-25)42(47)48/h12-13,19-23,26-27,30-33,35,44H,11,14-18H2,1-10H3,(H,39,46)/b40-24+/t19-,20-,21+,22+,23-,26+,27-,30-,31+,32-,33-,35?,37-,38-/m1/s1. The van der Waals surface area contributed by atoms with E-state index in [0.717, 1.165) is 11.3 Å². The predicted molar refractivity (Wildman–Crippen MR) is 203 cm³/mol. The Labute approximate surface area is 331 Å². The van der Waals surface area contributed by atoms with Crippen molar-refractivity contribution in [1.82, 2.24) is 10.2 Å². The summed E-state index contributed by atoms with van der Waals surface area (Å²) in [6, 6.07) is 1.89. The first-order valence-electron chi connectivity index (χ1n) is 19.3. The number of oxime groups is 1. The van der Waals surface area contributed by atoms with Crippen LogP contribution in [-0.4, -0.2) is 126 Å². The van der Waals surface area contributed by atoms with Crippen molar-refractivity contribution in [2.24, 2.45) is 28.8 Å². The quantitative estimate of drug-likeness (QED) is 0.214. The van der Waals surface area contributed by atoms with Crippen LogP contribution in [0.3, 0.4) is 0 Å². The minimum atomic E-state index is -1.35. The fourth-order valence-electron chi connectivity index (χ4n) is 8.83. The second kappa shape index (κ2) is 17.7. The van der Waals surface area contributed by atoms with Crippen LogP contribution in [0.2, 0.25) is 0 Å². The Balaban J connectivity index is 1.58. The molecule has 17 nitrogen and oxygen atoms in total. The van der Waals surface area contributed by atoms with Crippen molar-refractivity contribution in [3.05, 3.63) is 27.1 Å². The molecule has 4 fully saturated rings. The average molecular weight is 811 g/mol. The summed E-state index contributed by atoms with van der Waals surface area (Å²) in [6.07, 6.45) is -4.88. The van der Waals surface area contributed by atoms with Crippen molar-refractivity contribution in [3.8, 4) is 0 Å². The molecular formula is C38H58N4O13S. The van der Waals surface area contributed by atoms with Gasteiger partial charge in [-0.15, -0.1) is 0 Å². The van der Waals surface area contributed by atoms with Gasteiger partial charge in [0.1, 0.15) is 23.7 Å². The number of aliphatic hydroxyl groups is 1. The third-order valence-electron chi connectivity index (χ3n) is 11.9. The number of amides is 1. The van der Waals surface area contributed by atoms with Crippen LogP contribution in [0, 0.1) is 33.8 Å². The number of ketones is 1. The van der Waals surface area contributed by atoms with Crippen molar-refractivity contribution in [3.63, 3.8) is 0 Å². The molecule has 0 saturated carbocycles. The number of nitrogens with one attached hydrogen (secondary N) is 1. The van der Waals surface area contributed by atoms with Crippen LogP contribution in [0.1, 0.15) is 79.5 Å². The van der Waals surface area contributed by atoms with E-state index in [1.807, 2.05) is 46.7 Å². The molecule has 314 valence electrons. The second-order valence-electron chi connectivity index (χ2n) is 16.4. The van der Waals surface area contributed by atoms with E-state index in [4.69, 9.17) is 33.3 Å². The monoisotopic (exact) mass is 810 g/mol. The van der Waals surface area contributed by atoms with Gasteiger partial charge in [0.05, 0.1) is 58.9 Å². The smallest absolute Gasteiger partial charge is 0.408 e. The van der Waals surface area contributed by atoms with Gasteiger partial charge < -0.3 is 48.6 Å². The van der Waals surface area contributed by atoms with E-state index in [1.54, 1.807) is 33.8 Å². The molecule has 4 aliphatic rings. The highest BCUT2D eigenvalue weighted by Crippen LogP contribution is 2.42. The number of Topliss-reactive ketones (excluding diaryl/α,β-unsaturated/α-hetero) is 1. The molecule has 2 N–H and O–H groups in total. The lowest BCUT2D eigenvalue weighted by molar-refractivity contribution is -0.380. The third kappa shape index (κ3) is 9.21. The first kappa shape index (κ1) is 43.9. The molecule has 18 heteroatoms. The summed E-state index contributed by atoms with van der Waals surface area (Å²) in [5.41, 5.74) is -2.34. The highest BCUT2D eigenvalue weighted by atomic mass is 32.1. The van der Waals surface area contributed by atoms with Crippen molar-refractivity contribution < 1.29 is 57.7 Å². The van der Waals surface area contributed by atoms with Gasteiger partial charge in [-0.3, -0.25) is 19.7 Å². The highest BCUT2D eigenvalue weighted by Gasteiger charge is 2.57. The summed E-state index contributed by atoms with van der Waals surface area (Å²) in [4.78, 5) is 60.4. The number of fused-ring (bicyclic) bond motifs is 4. The number of carbonyl (C=O) groups is 3. The zero-order chi connectivity index (χ0) is 41.3. The van der Waals surface area contributed by atoms with Crippen molar-refractivity contribution in [2.75, 3.05) is 27.3 Å². The summed E-state index contributed by atoms with van der Waals surface area (Å²) < 4.78 is 38.4. The molecule has 1 aromatic rings. The van der Waals surface area contributed by atoms with Gasteiger partial charge >= 0.3 is 17.1 Å². The van der Waals surface area contributed by atoms with E-state index in [2.05, 4.69) is 10.5 Å². The van der Waals surface area contributed by atoms with Gasteiger partial charge in [0.15, 0.2) is 18.5 Å². The van der Waals surface area contributed by atoms with E-state index in [1.165, 1.54) is 6.07 Å². The van der Waals surface area contributed by atoms with Crippen molar-refractivity contribution >= 4 is 39.9 Å². The number of aliphatic hydroxyl groups excluding tert-OH is 1. The van der Waals surface area contributed by atoms with Gasteiger partial charge in [-0.05, 0) is 67.1 Å². The van der Waals surface area contributed by atoms with Crippen LogP contribution in [0.25, 0.3) is 0 Å². The van der Waals surface area contributed by atoms with Gasteiger partial charge in [-0.1, -0.05) is 44.2 Å². The number of carbonyl (C=O) groups excluding carboxylic acids is 3. The normalized spacial score (nSPS) is 40.8. The fraction of sp³-hybridized carbons (Fsp3) is 0.789. The molecule has 56 heavy (non-hydrogen) atoms. The molecule has 1 amide bonds. The Morgan fingerprint density at radius 1 is 1.11 bits per heavy atom. The number of rotatable bonds is 8. The Morgan fingerprint density at radius 3 is 2.46 bits per heavy atom. The number of alkyl carbamates (subject to hydrolysis) is 1. The van der Waals surface area contributed by atoms with Crippen LogP contribution in [0.15, 0.2) is 17.3 Å². The number of hydrogen-bond acceptors (Lipinski definition) is 16. The summed E-state index contributed by atoms with van der Waals surface area (Å²) in [5.74, 6) is -3.77. The molecule has 1 aromatic heterocycles. The molecule has 0 radical (unpaired) electrons. The molecule has 5 rings (SSSR count).